The maximum Gasteiger partial charge on any atom is 0.268 e. The van der Waals surface area contributed by atoms with Crippen molar-refractivity contribution in [2.24, 2.45) is 0 Å². The molecule has 0 amide bonds. The van der Waals surface area contributed by atoms with E-state index in [4.69, 9.17) is 0 Å². The molecule has 0 saturated carbocycles. The van der Waals surface area contributed by atoms with Crippen molar-refractivity contribution in [1.82, 2.24) is 9.29 Å². The van der Waals surface area contributed by atoms with E-state index in [1.165, 1.54) is 39.6 Å². The Hall–Kier alpha value is -1.94. The number of thiophene rings is 1. The van der Waals surface area contributed by atoms with E-state index in [1.54, 1.807) is 13.2 Å². The molecule has 0 bridgehead atoms. The summed E-state index contributed by atoms with van der Waals surface area (Å²) in [6.45, 7) is 0.517. The summed E-state index contributed by atoms with van der Waals surface area (Å²) < 4.78 is 51.2. The van der Waals surface area contributed by atoms with Crippen LogP contribution in [-0.4, -0.2) is 34.1 Å². The van der Waals surface area contributed by atoms with E-state index in [9.17, 15) is 16.8 Å². The molecule has 0 aliphatic heterocycles. The summed E-state index contributed by atoms with van der Waals surface area (Å²) in [5.74, 6) is 0. The van der Waals surface area contributed by atoms with E-state index in [0.29, 0.717) is 12.2 Å². The normalized spacial score (nSPS) is 12.4. The average molecular weight is 411 g/mol. The van der Waals surface area contributed by atoms with Crippen molar-refractivity contribution in [3.8, 4) is 11.3 Å². The first-order valence-electron chi connectivity index (χ1n) is 7.67. The van der Waals surface area contributed by atoms with Crippen molar-refractivity contribution in [1.29, 1.82) is 0 Å². The third-order valence-corrected chi connectivity index (χ3v) is 7.29. The van der Waals surface area contributed by atoms with E-state index >= 15 is 0 Å². The Balaban J connectivity index is 2.19. The highest BCUT2D eigenvalue weighted by molar-refractivity contribution is 7.91. The van der Waals surface area contributed by atoms with Gasteiger partial charge in [-0.3, -0.25) is 0 Å². The molecule has 0 atom stereocenters. The van der Waals surface area contributed by atoms with Crippen LogP contribution in [0.2, 0.25) is 0 Å². The predicted octanol–water partition coefficient (Wildman–Crippen LogP) is 2.58. The van der Waals surface area contributed by atoms with Crippen molar-refractivity contribution >= 4 is 31.2 Å². The number of rotatable bonds is 6. The summed E-state index contributed by atoms with van der Waals surface area (Å²) in [6, 6.07) is 9.08. The zero-order valence-corrected chi connectivity index (χ0v) is 16.7. The van der Waals surface area contributed by atoms with Gasteiger partial charge in [-0.25, -0.2) is 20.8 Å². The Morgan fingerprint density at radius 1 is 1.08 bits per heavy atom. The summed E-state index contributed by atoms with van der Waals surface area (Å²) in [5, 5.41) is 6.75. The van der Waals surface area contributed by atoms with E-state index < -0.39 is 19.9 Å². The molecule has 2 heterocycles. The van der Waals surface area contributed by atoms with Gasteiger partial charge < -0.3 is 5.32 Å². The molecule has 2 aromatic heterocycles. The van der Waals surface area contributed by atoms with Gasteiger partial charge in [-0.05, 0) is 48.3 Å². The maximum atomic E-state index is 13.2. The van der Waals surface area contributed by atoms with Gasteiger partial charge in [-0.1, -0.05) is 6.07 Å². The van der Waals surface area contributed by atoms with Crippen molar-refractivity contribution < 1.29 is 16.8 Å². The van der Waals surface area contributed by atoms with Crippen molar-refractivity contribution in [3.63, 3.8) is 0 Å². The number of sulfone groups is 1. The predicted molar refractivity (Wildman–Crippen MR) is 103 cm³/mol. The smallest absolute Gasteiger partial charge is 0.268 e. The molecule has 9 heteroatoms. The Kier molecular flexibility index (Phi) is 5.07. The Morgan fingerprint density at radius 3 is 2.42 bits per heavy atom. The fraction of sp³-hybridized carbons (Fsp3) is 0.176. The number of aromatic nitrogens is 1. The molecular weight excluding hydrogens is 392 g/mol. The summed E-state index contributed by atoms with van der Waals surface area (Å²) >= 11 is 1.47. The minimum absolute atomic E-state index is 0.0294. The molecule has 0 aliphatic carbocycles. The summed E-state index contributed by atoms with van der Waals surface area (Å²) in [4.78, 5) is -0.0956. The average Bonchev–Trinajstić information content (AvgIpc) is 3.24. The summed E-state index contributed by atoms with van der Waals surface area (Å²) in [5.41, 5.74) is 2.15. The highest BCUT2D eigenvalue weighted by atomic mass is 32.2. The number of benzene rings is 1. The monoisotopic (exact) mass is 410 g/mol. The van der Waals surface area contributed by atoms with Crippen LogP contribution in [0.1, 0.15) is 5.56 Å². The second-order valence-electron chi connectivity index (χ2n) is 5.82. The van der Waals surface area contributed by atoms with Gasteiger partial charge in [0.05, 0.1) is 15.5 Å². The SMILES string of the molecule is CNCc1cc(-c2ccsc2)n(S(=O)(=O)c2cccc(S(C)(=O)=O)c2)c1. The topological polar surface area (TPSA) is 85.2 Å². The largest absolute Gasteiger partial charge is 0.316 e. The van der Waals surface area contributed by atoms with E-state index in [0.717, 1.165) is 17.4 Å². The molecule has 0 unspecified atom stereocenters. The molecule has 26 heavy (non-hydrogen) atoms. The third kappa shape index (κ3) is 3.61. The summed E-state index contributed by atoms with van der Waals surface area (Å²) in [6.07, 6.45) is 2.61. The van der Waals surface area contributed by atoms with Crippen molar-refractivity contribution in [3.05, 3.63) is 58.9 Å². The lowest BCUT2D eigenvalue weighted by Gasteiger charge is -2.10. The van der Waals surface area contributed by atoms with E-state index in [-0.39, 0.29) is 9.79 Å². The fourth-order valence-electron chi connectivity index (χ4n) is 2.60. The van der Waals surface area contributed by atoms with E-state index in [1.807, 2.05) is 22.9 Å². The van der Waals surface area contributed by atoms with Gasteiger partial charge >= 0.3 is 0 Å². The number of nitrogens with one attached hydrogen (secondary N) is 1. The maximum absolute atomic E-state index is 13.2. The van der Waals surface area contributed by atoms with Crippen LogP contribution in [0.25, 0.3) is 11.3 Å². The molecule has 3 rings (SSSR count). The Labute approximate surface area is 157 Å². The Morgan fingerprint density at radius 2 is 1.81 bits per heavy atom. The lowest BCUT2D eigenvalue weighted by Crippen LogP contribution is -2.14. The summed E-state index contributed by atoms with van der Waals surface area (Å²) in [7, 11) is -5.67. The molecule has 3 aromatic rings. The minimum atomic E-state index is -3.95. The quantitative estimate of drug-likeness (QED) is 0.675. The molecule has 0 fully saturated rings. The molecule has 1 aromatic carbocycles. The van der Waals surface area contributed by atoms with Gasteiger partial charge in [0.15, 0.2) is 9.84 Å². The van der Waals surface area contributed by atoms with Crippen LogP contribution >= 0.6 is 11.3 Å². The lowest BCUT2D eigenvalue weighted by atomic mass is 10.2. The first kappa shape index (κ1) is 18.8. The molecule has 0 radical (unpaired) electrons. The lowest BCUT2D eigenvalue weighted by molar-refractivity contribution is 0.587. The zero-order chi connectivity index (χ0) is 18.9. The highest BCUT2D eigenvalue weighted by Crippen LogP contribution is 2.29. The fourth-order valence-corrected chi connectivity index (χ4v) is 5.43. The molecule has 6 nitrogen and oxygen atoms in total. The molecular formula is C17H18N2O4S3. The minimum Gasteiger partial charge on any atom is -0.316 e. The Bertz CT molecular complexity index is 1130. The van der Waals surface area contributed by atoms with Gasteiger partial charge in [0.1, 0.15) is 0 Å². The molecule has 0 saturated heterocycles. The van der Waals surface area contributed by atoms with Crippen LogP contribution in [0, 0.1) is 0 Å². The van der Waals surface area contributed by atoms with Crippen LogP contribution in [0.3, 0.4) is 0 Å². The van der Waals surface area contributed by atoms with Crippen molar-refractivity contribution in [2.45, 2.75) is 16.3 Å². The van der Waals surface area contributed by atoms with Crippen LogP contribution in [0.4, 0.5) is 0 Å². The van der Waals surface area contributed by atoms with Gasteiger partial charge in [-0.2, -0.15) is 11.3 Å². The van der Waals surface area contributed by atoms with Gasteiger partial charge in [0.25, 0.3) is 10.0 Å². The number of hydrogen-bond donors (Lipinski definition) is 1. The van der Waals surface area contributed by atoms with Crippen LogP contribution in [-0.2, 0) is 26.4 Å². The van der Waals surface area contributed by atoms with Crippen LogP contribution in [0.5, 0.6) is 0 Å². The van der Waals surface area contributed by atoms with E-state index in [2.05, 4.69) is 5.32 Å². The highest BCUT2D eigenvalue weighted by Gasteiger charge is 2.23. The van der Waals surface area contributed by atoms with Gasteiger partial charge in [0.2, 0.25) is 0 Å². The standard InChI is InChI=1S/C17H18N2O4S3/c1-18-10-13-8-17(14-6-7-24-12-14)19(11-13)26(22,23)16-5-3-4-15(9-16)25(2,20)21/h3-9,11-12,18H,10H2,1-2H3. The molecule has 0 aliphatic rings. The van der Waals surface area contributed by atoms with Gasteiger partial charge in [-0.15, -0.1) is 0 Å². The number of hydrogen-bond acceptors (Lipinski definition) is 6. The first-order chi connectivity index (χ1) is 12.2. The van der Waals surface area contributed by atoms with Crippen LogP contribution in [0.15, 0.2) is 63.1 Å². The molecule has 1 N–H and O–H groups in total. The second kappa shape index (κ2) is 6.99. The van der Waals surface area contributed by atoms with Crippen molar-refractivity contribution in [2.75, 3.05) is 13.3 Å². The second-order valence-corrected chi connectivity index (χ2v) is 10.4. The first-order valence-corrected chi connectivity index (χ1v) is 11.9. The molecule has 138 valence electrons. The van der Waals surface area contributed by atoms with Crippen LogP contribution < -0.4 is 5.32 Å². The third-order valence-electron chi connectivity index (χ3n) is 3.83. The van der Waals surface area contributed by atoms with Gasteiger partial charge in [0, 0.05) is 29.9 Å². The zero-order valence-electron chi connectivity index (χ0n) is 14.2. The number of nitrogens with zero attached hydrogens (tertiary/aromatic N) is 1. The molecule has 0 spiro atoms.